The summed E-state index contributed by atoms with van der Waals surface area (Å²) in [5.41, 5.74) is 1.38. The molecule has 0 atom stereocenters. The predicted octanol–water partition coefficient (Wildman–Crippen LogP) is 2.72. The van der Waals surface area contributed by atoms with E-state index in [1.807, 2.05) is 0 Å². The van der Waals surface area contributed by atoms with Crippen LogP contribution in [0, 0.1) is 0 Å². The molecule has 1 aromatic rings. The molecule has 0 aliphatic carbocycles. The monoisotopic (exact) mass is 278 g/mol. The quantitative estimate of drug-likeness (QED) is 0.753. The molecule has 0 amide bonds. The number of benzene rings is 1. The van der Waals surface area contributed by atoms with E-state index in [9.17, 15) is 0 Å². The van der Waals surface area contributed by atoms with Crippen LogP contribution in [0.2, 0.25) is 20.0 Å². The maximum atomic E-state index is 5.52. The van der Waals surface area contributed by atoms with Crippen LogP contribution in [0.3, 0.4) is 0 Å². The van der Waals surface area contributed by atoms with Gasteiger partial charge in [-0.15, -0.1) is 0 Å². The molecular formula is C11H18B3BrO. The van der Waals surface area contributed by atoms with Gasteiger partial charge in [-0.25, -0.2) is 0 Å². The molecule has 1 aromatic carbocycles. The molecule has 0 radical (unpaired) electrons. The topological polar surface area (TPSA) is 9.23 Å². The van der Waals surface area contributed by atoms with Gasteiger partial charge in [0, 0.05) is 11.6 Å². The van der Waals surface area contributed by atoms with Gasteiger partial charge in [-0.1, -0.05) is 60.4 Å². The lowest BCUT2D eigenvalue weighted by molar-refractivity contribution is 0.434. The first-order chi connectivity index (χ1) is 7.60. The zero-order chi connectivity index (χ0) is 12.1. The maximum absolute atomic E-state index is 5.52. The van der Waals surface area contributed by atoms with Gasteiger partial charge in [0.1, 0.15) is 13.1 Å². The maximum Gasteiger partial charge on any atom is 0.247 e. The molecule has 0 unspecified atom stereocenters. The minimum Gasteiger partial charge on any atom is -0.447 e. The van der Waals surface area contributed by atoms with Gasteiger partial charge in [-0.2, -0.15) is 0 Å². The summed E-state index contributed by atoms with van der Waals surface area (Å²) in [7, 11) is 1.80. The van der Waals surface area contributed by atoms with E-state index in [1.54, 1.807) is 7.11 Å². The molecule has 0 saturated carbocycles. The first-order valence-electron chi connectivity index (χ1n) is 5.88. The van der Waals surface area contributed by atoms with E-state index in [2.05, 4.69) is 60.8 Å². The van der Waals surface area contributed by atoms with Gasteiger partial charge in [0.15, 0.2) is 0 Å². The summed E-state index contributed by atoms with van der Waals surface area (Å²) in [6, 6.07) is 8.58. The van der Waals surface area contributed by atoms with Gasteiger partial charge in [-0.05, 0) is 12.1 Å². The third-order valence-electron chi connectivity index (χ3n) is 3.48. The Balaban J connectivity index is 2.76. The van der Waals surface area contributed by atoms with Crippen molar-refractivity contribution < 1.29 is 4.65 Å². The third-order valence-corrected chi connectivity index (χ3v) is 4.00. The van der Waals surface area contributed by atoms with Crippen LogP contribution < -0.4 is 5.46 Å². The summed E-state index contributed by atoms with van der Waals surface area (Å²) in [5, 5.41) is 0. The number of rotatable bonds is 5. The Morgan fingerprint density at radius 1 is 1.19 bits per heavy atom. The Labute approximate surface area is 109 Å². The van der Waals surface area contributed by atoms with Crippen LogP contribution in [0.4, 0.5) is 0 Å². The normalized spacial score (nSPS) is 10.1. The van der Waals surface area contributed by atoms with E-state index in [1.165, 1.54) is 5.46 Å². The van der Waals surface area contributed by atoms with Crippen molar-refractivity contribution in [1.82, 2.24) is 0 Å². The summed E-state index contributed by atoms with van der Waals surface area (Å²) in [5.74, 6) is 0. The van der Waals surface area contributed by atoms with Gasteiger partial charge in [0.25, 0.3) is 0 Å². The van der Waals surface area contributed by atoms with E-state index in [0.29, 0.717) is 19.9 Å². The van der Waals surface area contributed by atoms with Crippen molar-refractivity contribution >= 4 is 41.3 Å². The van der Waals surface area contributed by atoms with Crippen LogP contribution in [-0.2, 0) is 4.65 Å². The first kappa shape index (κ1) is 13.9. The lowest BCUT2D eigenvalue weighted by atomic mass is 8.92. The highest BCUT2D eigenvalue weighted by molar-refractivity contribution is 9.10. The van der Waals surface area contributed by atoms with Crippen LogP contribution in [-0.4, -0.2) is 27.0 Å². The van der Waals surface area contributed by atoms with Gasteiger partial charge in [0.2, 0.25) is 6.81 Å². The van der Waals surface area contributed by atoms with Gasteiger partial charge < -0.3 is 4.65 Å². The molecule has 0 saturated heterocycles. The van der Waals surface area contributed by atoms with Crippen LogP contribution >= 0.6 is 15.9 Å². The number of hydrogen-bond donors (Lipinski definition) is 0. The summed E-state index contributed by atoms with van der Waals surface area (Å²) in [6.07, 6.45) is 1.07. The molecule has 0 aliphatic rings. The highest BCUT2D eigenvalue weighted by Crippen LogP contribution is 2.08. The Hall–Kier alpha value is -0.145. The molecule has 1 rings (SSSR count). The number of halogens is 1. The fraction of sp³-hybridized carbons (Fsp3) is 0.455. The molecule has 84 valence electrons. The SMILES string of the molecule is CCB(OC)B(C)B(C)c1ccc(Br)cc1. The summed E-state index contributed by atoms with van der Waals surface area (Å²) >= 11 is 3.46. The Morgan fingerprint density at radius 3 is 2.19 bits per heavy atom. The van der Waals surface area contributed by atoms with E-state index < -0.39 is 0 Å². The van der Waals surface area contributed by atoms with Crippen molar-refractivity contribution in [3.05, 3.63) is 28.7 Å². The fourth-order valence-electron chi connectivity index (χ4n) is 2.14. The average Bonchev–Trinajstić information content (AvgIpc) is 2.30. The second-order valence-corrected chi connectivity index (χ2v) is 5.30. The highest BCUT2D eigenvalue weighted by Gasteiger charge is 2.31. The average molecular weight is 279 g/mol. The first-order valence-corrected chi connectivity index (χ1v) is 6.67. The molecule has 1 nitrogen and oxygen atoms in total. The van der Waals surface area contributed by atoms with Crippen LogP contribution in [0.15, 0.2) is 28.7 Å². The van der Waals surface area contributed by atoms with Gasteiger partial charge in [-0.3, -0.25) is 0 Å². The van der Waals surface area contributed by atoms with Crippen molar-refractivity contribution in [3.8, 4) is 0 Å². The molecule has 0 spiro atoms. The molecule has 0 heterocycles. The van der Waals surface area contributed by atoms with Crippen molar-refractivity contribution in [3.63, 3.8) is 0 Å². The molecule has 5 heteroatoms. The minimum atomic E-state index is 0.346. The van der Waals surface area contributed by atoms with Crippen molar-refractivity contribution in [2.24, 2.45) is 0 Å². The smallest absolute Gasteiger partial charge is 0.247 e. The molecule has 0 N–H and O–H groups in total. The van der Waals surface area contributed by atoms with Crippen LogP contribution in [0.1, 0.15) is 6.92 Å². The largest absolute Gasteiger partial charge is 0.447 e. The summed E-state index contributed by atoms with van der Waals surface area (Å²) < 4.78 is 6.65. The van der Waals surface area contributed by atoms with E-state index in [0.717, 1.165) is 10.8 Å². The molecule has 16 heavy (non-hydrogen) atoms. The second kappa shape index (κ2) is 6.56. The molecule has 0 fully saturated rings. The Bertz CT molecular complexity index is 314. The summed E-state index contributed by atoms with van der Waals surface area (Å²) in [6.45, 7) is 8.13. The van der Waals surface area contributed by atoms with Crippen LogP contribution in [0.5, 0.6) is 0 Å². The zero-order valence-corrected chi connectivity index (χ0v) is 12.1. The minimum absolute atomic E-state index is 0.346. The molecule has 0 aliphatic heterocycles. The number of hydrogen-bond acceptors (Lipinski definition) is 1. The lowest BCUT2D eigenvalue weighted by Gasteiger charge is -2.20. The molecule has 0 aromatic heterocycles. The van der Waals surface area contributed by atoms with Crippen molar-refractivity contribution in [2.75, 3.05) is 7.11 Å². The predicted molar refractivity (Wildman–Crippen MR) is 80.3 cm³/mol. The van der Waals surface area contributed by atoms with E-state index >= 15 is 0 Å². The van der Waals surface area contributed by atoms with Crippen molar-refractivity contribution in [2.45, 2.75) is 26.9 Å². The third kappa shape index (κ3) is 3.42. The standard InChI is InChI=1S/C11H18B3BrO/c1-5-14(16-4)13(3)12(2)10-6-8-11(15)9-7-10/h6-9H,5H2,1-4H3. The summed E-state index contributed by atoms with van der Waals surface area (Å²) in [4.78, 5) is 0. The lowest BCUT2D eigenvalue weighted by Crippen LogP contribution is -2.51. The van der Waals surface area contributed by atoms with E-state index in [4.69, 9.17) is 4.65 Å². The van der Waals surface area contributed by atoms with Gasteiger partial charge >= 0.3 is 0 Å². The zero-order valence-electron chi connectivity index (χ0n) is 10.5. The fourth-order valence-corrected chi connectivity index (χ4v) is 2.41. The van der Waals surface area contributed by atoms with Crippen molar-refractivity contribution in [1.29, 1.82) is 0 Å². The van der Waals surface area contributed by atoms with Crippen LogP contribution in [0.25, 0.3) is 0 Å². The molecule has 0 bridgehead atoms. The molecular weight excluding hydrogens is 260 g/mol. The van der Waals surface area contributed by atoms with E-state index in [-0.39, 0.29) is 0 Å². The van der Waals surface area contributed by atoms with Gasteiger partial charge in [0.05, 0.1) is 0 Å². The highest BCUT2D eigenvalue weighted by atomic mass is 79.9. The second-order valence-electron chi connectivity index (χ2n) is 4.38. The Kier molecular flexibility index (Phi) is 5.70. The Morgan fingerprint density at radius 2 is 1.75 bits per heavy atom.